The Morgan fingerprint density at radius 3 is 2.92 bits per heavy atom. The fraction of sp³-hybridized carbons (Fsp3) is 0.333. The van der Waals surface area contributed by atoms with Crippen LogP contribution >= 0.6 is 0 Å². The molecule has 0 aliphatic carbocycles. The Morgan fingerprint density at radius 1 is 1.83 bits per heavy atom. The van der Waals surface area contributed by atoms with Gasteiger partial charge in [-0.05, 0) is 13.8 Å². The molecule has 0 aromatic carbocycles. The second-order valence-corrected chi connectivity index (χ2v) is 2.94. The van der Waals surface area contributed by atoms with Crippen LogP contribution in [0.1, 0.15) is 23.0 Å². The Balaban J connectivity index is 2.89. The van der Waals surface area contributed by atoms with Crippen LogP contribution in [0.25, 0.3) is 0 Å². The third-order valence-electron chi connectivity index (χ3n) is 1.54. The first-order valence-corrected chi connectivity index (χ1v) is 3.77. The molecule has 0 fully saturated rings. The molecule has 0 radical (unpaired) electrons. The summed E-state index contributed by atoms with van der Waals surface area (Å²) < 4.78 is 1.72. The van der Waals surface area contributed by atoms with Gasteiger partial charge in [-0.2, -0.15) is 5.10 Å². The average Bonchev–Trinajstić information content (AvgIpc) is 2.29. The van der Waals surface area contributed by atoms with Gasteiger partial charge in [-0.1, -0.05) is 12.2 Å². The first-order chi connectivity index (χ1) is 5.63. The Bertz CT molecular complexity index is 312. The summed E-state index contributed by atoms with van der Waals surface area (Å²) in [6.45, 7) is 8.19. The monoisotopic (exact) mass is 164 g/mol. The normalized spacial score (nSPS) is 9.83. The van der Waals surface area contributed by atoms with Crippen molar-refractivity contribution in [2.24, 2.45) is 0 Å². The minimum Gasteiger partial charge on any atom is -0.298 e. The zero-order chi connectivity index (χ0) is 9.14. The van der Waals surface area contributed by atoms with Crippen molar-refractivity contribution in [3.8, 4) is 0 Å². The Hall–Kier alpha value is -1.38. The predicted octanol–water partition coefficient (Wildman–Crippen LogP) is 1.58. The number of rotatable bonds is 3. The molecule has 0 saturated carbocycles. The molecular weight excluding hydrogens is 152 g/mol. The summed E-state index contributed by atoms with van der Waals surface area (Å²) in [6, 6.07) is 0. The molecule has 3 nitrogen and oxygen atoms in total. The van der Waals surface area contributed by atoms with Gasteiger partial charge in [0.1, 0.15) is 0 Å². The predicted molar refractivity (Wildman–Crippen MR) is 47.2 cm³/mol. The second kappa shape index (κ2) is 3.34. The van der Waals surface area contributed by atoms with Crippen LogP contribution in [0.5, 0.6) is 0 Å². The first-order valence-electron chi connectivity index (χ1n) is 3.77. The van der Waals surface area contributed by atoms with Crippen LogP contribution in [0.3, 0.4) is 0 Å². The van der Waals surface area contributed by atoms with Crippen LogP contribution in [0.4, 0.5) is 0 Å². The van der Waals surface area contributed by atoms with Gasteiger partial charge in [-0.15, -0.1) is 0 Å². The van der Waals surface area contributed by atoms with E-state index in [4.69, 9.17) is 0 Å². The van der Waals surface area contributed by atoms with E-state index in [2.05, 4.69) is 11.7 Å². The van der Waals surface area contributed by atoms with Gasteiger partial charge in [-0.25, -0.2) is 0 Å². The molecule has 1 rings (SSSR count). The van der Waals surface area contributed by atoms with Crippen LogP contribution in [-0.2, 0) is 6.54 Å². The van der Waals surface area contributed by atoms with Gasteiger partial charge in [0, 0.05) is 6.20 Å². The Kier molecular flexibility index (Phi) is 2.43. The van der Waals surface area contributed by atoms with E-state index in [1.807, 2.05) is 13.8 Å². The maximum absolute atomic E-state index is 10.5. The van der Waals surface area contributed by atoms with Crippen molar-refractivity contribution in [3.63, 3.8) is 0 Å². The Labute approximate surface area is 71.7 Å². The highest BCUT2D eigenvalue weighted by Gasteiger charge is 2.02. The molecule has 0 spiro atoms. The maximum Gasteiger partial charge on any atom is 0.153 e. The van der Waals surface area contributed by atoms with E-state index in [0.717, 1.165) is 17.6 Å². The molecular formula is C9H12N2O. The van der Waals surface area contributed by atoms with Crippen molar-refractivity contribution in [1.29, 1.82) is 0 Å². The second-order valence-electron chi connectivity index (χ2n) is 2.94. The summed E-state index contributed by atoms with van der Waals surface area (Å²) in [5.41, 5.74) is 2.44. The highest BCUT2D eigenvalue weighted by molar-refractivity contribution is 5.75. The van der Waals surface area contributed by atoms with Crippen LogP contribution in [0.15, 0.2) is 18.3 Å². The molecule has 0 amide bonds. The summed E-state index contributed by atoms with van der Waals surface area (Å²) >= 11 is 0. The number of nitrogens with zero attached hydrogens (tertiary/aromatic N) is 2. The molecule has 3 heteroatoms. The van der Waals surface area contributed by atoms with E-state index in [-0.39, 0.29) is 0 Å². The number of aryl methyl sites for hydroxylation is 1. The van der Waals surface area contributed by atoms with Gasteiger partial charge in [-0.3, -0.25) is 9.48 Å². The average molecular weight is 164 g/mol. The molecule has 0 saturated heterocycles. The fourth-order valence-corrected chi connectivity index (χ4v) is 1.01. The SMILES string of the molecule is C=C(C)Cn1cc(C=O)c(C)n1. The number of aromatic nitrogens is 2. The van der Waals surface area contributed by atoms with Crippen LogP contribution < -0.4 is 0 Å². The largest absolute Gasteiger partial charge is 0.298 e. The molecule has 0 aliphatic heterocycles. The van der Waals surface area contributed by atoms with Gasteiger partial charge >= 0.3 is 0 Å². The molecule has 64 valence electrons. The van der Waals surface area contributed by atoms with Crippen molar-refractivity contribution in [1.82, 2.24) is 9.78 Å². The summed E-state index contributed by atoms with van der Waals surface area (Å²) in [4.78, 5) is 10.5. The highest BCUT2D eigenvalue weighted by atomic mass is 16.1. The lowest BCUT2D eigenvalue weighted by atomic mass is 10.3. The Morgan fingerprint density at radius 2 is 2.50 bits per heavy atom. The van der Waals surface area contributed by atoms with Gasteiger partial charge in [0.05, 0.1) is 17.8 Å². The number of aldehydes is 1. The molecule has 1 heterocycles. The zero-order valence-corrected chi connectivity index (χ0v) is 7.37. The number of hydrogen-bond acceptors (Lipinski definition) is 2. The zero-order valence-electron chi connectivity index (χ0n) is 7.37. The smallest absolute Gasteiger partial charge is 0.153 e. The number of hydrogen-bond donors (Lipinski definition) is 0. The van der Waals surface area contributed by atoms with Gasteiger partial charge in [0.25, 0.3) is 0 Å². The topological polar surface area (TPSA) is 34.9 Å². The van der Waals surface area contributed by atoms with Crippen LogP contribution in [-0.4, -0.2) is 16.1 Å². The lowest BCUT2D eigenvalue weighted by molar-refractivity contribution is 0.112. The minimum absolute atomic E-state index is 0.649. The van der Waals surface area contributed by atoms with Crippen LogP contribution in [0.2, 0.25) is 0 Å². The van der Waals surface area contributed by atoms with E-state index >= 15 is 0 Å². The molecule has 12 heavy (non-hydrogen) atoms. The summed E-state index contributed by atoms with van der Waals surface area (Å²) in [5, 5.41) is 4.15. The summed E-state index contributed by atoms with van der Waals surface area (Å²) in [7, 11) is 0. The third kappa shape index (κ3) is 1.81. The number of allylic oxidation sites excluding steroid dienone is 1. The van der Waals surface area contributed by atoms with E-state index in [0.29, 0.717) is 12.1 Å². The molecule has 1 aromatic heterocycles. The molecule has 0 atom stereocenters. The van der Waals surface area contributed by atoms with Gasteiger partial charge < -0.3 is 0 Å². The standard InChI is InChI=1S/C9H12N2O/c1-7(2)4-11-5-9(6-12)8(3)10-11/h5-6H,1,4H2,2-3H3. The van der Waals surface area contributed by atoms with Crippen LogP contribution in [0, 0.1) is 6.92 Å². The van der Waals surface area contributed by atoms with E-state index in [1.165, 1.54) is 0 Å². The van der Waals surface area contributed by atoms with E-state index in [9.17, 15) is 4.79 Å². The van der Waals surface area contributed by atoms with Crippen molar-refractivity contribution in [3.05, 3.63) is 29.6 Å². The molecule has 0 aliphatic rings. The van der Waals surface area contributed by atoms with E-state index in [1.54, 1.807) is 10.9 Å². The van der Waals surface area contributed by atoms with Gasteiger partial charge in [0.2, 0.25) is 0 Å². The van der Waals surface area contributed by atoms with E-state index < -0.39 is 0 Å². The molecule has 0 bridgehead atoms. The number of carbonyl (C=O) groups is 1. The fourth-order valence-electron chi connectivity index (χ4n) is 1.01. The van der Waals surface area contributed by atoms with Crippen molar-refractivity contribution < 1.29 is 4.79 Å². The lowest BCUT2D eigenvalue weighted by Crippen LogP contribution is -1.98. The van der Waals surface area contributed by atoms with Crippen molar-refractivity contribution in [2.75, 3.05) is 0 Å². The van der Waals surface area contributed by atoms with Crippen molar-refractivity contribution in [2.45, 2.75) is 20.4 Å². The first kappa shape index (κ1) is 8.71. The number of carbonyl (C=O) groups excluding carboxylic acids is 1. The molecule has 0 unspecified atom stereocenters. The van der Waals surface area contributed by atoms with Crippen molar-refractivity contribution >= 4 is 6.29 Å². The quantitative estimate of drug-likeness (QED) is 0.502. The molecule has 0 N–H and O–H groups in total. The summed E-state index contributed by atoms with van der Waals surface area (Å²) in [5.74, 6) is 0. The summed E-state index contributed by atoms with van der Waals surface area (Å²) in [6.07, 6.45) is 2.55. The maximum atomic E-state index is 10.5. The van der Waals surface area contributed by atoms with Gasteiger partial charge in [0.15, 0.2) is 6.29 Å². The minimum atomic E-state index is 0.649. The highest BCUT2D eigenvalue weighted by Crippen LogP contribution is 2.03. The lowest BCUT2D eigenvalue weighted by Gasteiger charge is -1.97. The third-order valence-corrected chi connectivity index (χ3v) is 1.54. The molecule has 1 aromatic rings.